The minimum atomic E-state index is -0.489. The highest BCUT2D eigenvalue weighted by Crippen LogP contribution is 2.20. The number of carbonyl (C=O) groups is 2. The number of Topliss-reactive ketones (excluding diaryl/α,β-unsaturated/α-hetero) is 1. The third-order valence-electron chi connectivity index (χ3n) is 2.39. The van der Waals surface area contributed by atoms with E-state index in [2.05, 4.69) is 0 Å². The van der Waals surface area contributed by atoms with Gasteiger partial charge in [-0.1, -0.05) is 0 Å². The van der Waals surface area contributed by atoms with Gasteiger partial charge in [-0.25, -0.2) is 4.39 Å². The van der Waals surface area contributed by atoms with Crippen molar-refractivity contribution in [3.05, 3.63) is 29.6 Å². The second-order valence-electron chi connectivity index (χ2n) is 4.08. The lowest BCUT2D eigenvalue weighted by molar-refractivity contribution is -0.129. The van der Waals surface area contributed by atoms with E-state index in [0.717, 1.165) is 6.07 Å². The molecule has 1 rings (SSSR count). The first-order valence-corrected chi connectivity index (χ1v) is 5.55. The molecule has 0 N–H and O–H groups in total. The Kier molecular flexibility index (Phi) is 4.83. The third kappa shape index (κ3) is 3.84. The number of nitrogens with zero attached hydrogens (tertiary/aromatic N) is 1. The average molecular weight is 253 g/mol. The van der Waals surface area contributed by atoms with Gasteiger partial charge in [0.15, 0.2) is 5.78 Å². The van der Waals surface area contributed by atoms with Crippen molar-refractivity contribution in [2.75, 3.05) is 20.7 Å². The molecule has 0 fully saturated rings. The normalized spacial score (nSPS) is 10.0. The summed E-state index contributed by atoms with van der Waals surface area (Å²) in [6.07, 6.45) is 0.210. The van der Waals surface area contributed by atoms with E-state index < -0.39 is 5.82 Å². The largest absolute Gasteiger partial charge is 0.492 e. The van der Waals surface area contributed by atoms with Crippen LogP contribution in [0.15, 0.2) is 18.2 Å². The minimum Gasteiger partial charge on any atom is -0.492 e. The van der Waals surface area contributed by atoms with Crippen LogP contribution >= 0.6 is 0 Å². The molecule has 0 saturated heterocycles. The predicted octanol–water partition coefficient (Wildman–Crippen LogP) is 1.89. The Morgan fingerprint density at radius 3 is 2.56 bits per heavy atom. The van der Waals surface area contributed by atoms with E-state index in [1.54, 1.807) is 14.1 Å². The van der Waals surface area contributed by atoms with Gasteiger partial charge in [0.05, 0.1) is 18.6 Å². The highest BCUT2D eigenvalue weighted by atomic mass is 19.1. The third-order valence-corrected chi connectivity index (χ3v) is 2.39. The molecule has 0 aromatic heterocycles. The Labute approximate surface area is 105 Å². The summed E-state index contributed by atoms with van der Waals surface area (Å²) in [7, 11) is 3.31. The van der Waals surface area contributed by atoms with Crippen LogP contribution in [0.25, 0.3) is 0 Å². The van der Waals surface area contributed by atoms with Gasteiger partial charge in [0.25, 0.3) is 0 Å². The Morgan fingerprint density at radius 2 is 2.00 bits per heavy atom. The van der Waals surface area contributed by atoms with Gasteiger partial charge in [0, 0.05) is 14.1 Å². The van der Waals surface area contributed by atoms with Gasteiger partial charge >= 0.3 is 0 Å². The molecule has 1 aromatic carbocycles. The average Bonchev–Trinajstić information content (AvgIpc) is 2.30. The van der Waals surface area contributed by atoms with Crippen molar-refractivity contribution in [1.82, 2.24) is 4.90 Å². The van der Waals surface area contributed by atoms with Gasteiger partial charge < -0.3 is 9.64 Å². The van der Waals surface area contributed by atoms with Crippen molar-refractivity contribution in [3.63, 3.8) is 0 Å². The molecule has 18 heavy (non-hydrogen) atoms. The van der Waals surface area contributed by atoms with Gasteiger partial charge in [-0.05, 0) is 25.1 Å². The highest BCUT2D eigenvalue weighted by molar-refractivity contribution is 5.96. The summed E-state index contributed by atoms with van der Waals surface area (Å²) in [6.45, 7) is 1.50. The fourth-order valence-corrected chi connectivity index (χ4v) is 1.38. The van der Waals surface area contributed by atoms with Crippen molar-refractivity contribution in [3.8, 4) is 5.75 Å². The smallest absolute Gasteiger partial charge is 0.225 e. The van der Waals surface area contributed by atoms with E-state index in [-0.39, 0.29) is 30.3 Å². The maximum atomic E-state index is 13.0. The highest BCUT2D eigenvalue weighted by Gasteiger charge is 2.11. The maximum Gasteiger partial charge on any atom is 0.225 e. The molecular weight excluding hydrogens is 237 g/mol. The summed E-state index contributed by atoms with van der Waals surface area (Å²) >= 11 is 0. The Morgan fingerprint density at radius 1 is 1.33 bits per heavy atom. The van der Waals surface area contributed by atoms with Crippen molar-refractivity contribution in [2.45, 2.75) is 13.3 Å². The van der Waals surface area contributed by atoms with E-state index in [1.165, 1.54) is 24.0 Å². The molecule has 98 valence electrons. The van der Waals surface area contributed by atoms with E-state index in [9.17, 15) is 14.0 Å². The minimum absolute atomic E-state index is 0.0681. The molecule has 0 saturated carbocycles. The molecular formula is C13H16FNO3. The zero-order valence-electron chi connectivity index (χ0n) is 10.7. The number of halogens is 1. The van der Waals surface area contributed by atoms with Crippen LogP contribution in [0.2, 0.25) is 0 Å². The first kappa shape index (κ1) is 14.2. The Bertz CT molecular complexity index is 458. The van der Waals surface area contributed by atoms with Crippen LogP contribution in [0, 0.1) is 5.82 Å². The van der Waals surface area contributed by atoms with Crippen LogP contribution in [0.5, 0.6) is 5.75 Å². The number of amides is 1. The number of ether oxygens (including phenoxy) is 1. The van der Waals surface area contributed by atoms with Crippen LogP contribution in [-0.4, -0.2) is 37.3 Å². The molecule has 0 bridgehead atoms. The van der Waals surface area contributed by atoms with E-state index in [1.807, 2.05) is 0 Å². The molecule has 4 nitrogen and oxygen atoms in total. The van der Waals surface area contributed by atoms with Gasteiger partial charge in [0.1, 0.15) is 11.6 Å². The summed E-state index contributed by atoms with van der Waals surface area (Å²) < 4.78 is 18.3. The van der Waals surface area contributed by atoms with Crippen molar-refractivity contribution in [1.29, 1.82) is 0 Å². The first-order valence-electron chi connectivity index (χ1n) is 5.55. The topological polar surface area (TPSA) is 46.6 Å². The molecule has 0 aliphatic rings. The Balaban J connectivity index is 2.68. The lowest BCUT2D eigenvalue weighted by atomic mass is 10.1. The van der Waals surface area contributed by atoms with E-state index in [4.69, 9.17) is 4.74 Å². The number of hydrogen-bond acceptors (Lipinski definition) is 3. The molecule has 0 radical (unpaired) electrons. The van der Waals surface area contributed by atoms with Crippen LogP contribution in [-0.2, 0) is 4.79 Å². The summed E-state index contributed by atoms with van der Waals surface area (Å²) in [5.74, 6) is -0.530. The number of carbonyl (C=O) groups excluding carboxylic acids is 2. The zero-order chi connectivity index (χ0) is 13.7. The number of hydrogen-bond donors (Lipinski definition) is 0. The molecule has 0 aliphatic carbocycles. The lowest BCUT2D eigenvalue weighted by Crippen LogP contribution is -2.23. The summed E-state index contributed by atoms with van der Waals surface area (Å²) in [5.41, 5.74) is 0.187. The lowest BCUT2D eigenvalue weighted by Gasteiger charge is -2.12. The second kappa shape index (κ2) is 6.14. The predicted molar refractivity (Wildman–Crippen MR) is 65.2 cm³/mol. The summed E-state index contributed by atoms with van der Waals surface area (Å²) in [6, 6.07) is 3.74. The second-order valence-corrected chi connectivity index (χ2v) is 4.08. The van der Waals surface area contributed by atoms with E-state index >= 15 is 0 Å². The quantitative estimate of drug-likeness (QED) is 0.753. The molecule has 5 heteroatoms. The van der Waals surface area contributed by atoms with Crippen LogP contribution < -0.4 is 4.74 Å². The van der Waals surface area contributed by atoms with Gasteiger partial charge in [-0.2, -0.15) is 0 Å². The monoisotopic (exact) mass is 253 g/mol. The summed E-state index contributed by atoms with van der Waals surface area (Å²) in [5, 5.41) is 0. The standard InChI is InChI=1S/C13H16FNO3/c1-9(16)11-8-10(14)4-5-12(11)18-7-6-13(17)15(2)3/h4-5,8H,6-7H2,1-3H3. The van der Waals surface area contributed by atoms with Crippen LogP contribution in [0.1, 0.15) is 23.7 Å². The van der Waals surface area contributed by atoms with Gasteiger partial charge in [0.2, 0.25) is 5.91 Å². The fourth-order valence-electron chi connectivity index (χ4n) is 1.38. The first-order chi connectivity index (χ1) is 8.41. The molecule has 0 atom stereocenters. The van der Waals surface area contributed by atoms with Crippen molar-refractivity contribution >= 4 is 11.7 Å². The zero-order valence-corrected chi connectivity index (χ0v) is 10.7. The maximum absolute atomic E-state index is 13.0. The molecule has 0 spiro atoms. The van der Waals surface area contributed by atoms with Gasteiger partial charge in [-0.15, -0.1) is 0 Å². The number of benzene rings is 1. The van der Waals surface area contributed by atoms with Crippen LogP contribution in [0.3, 0.4) is 0 Å². The fraction of sp³-hybridized carbons (Fsp3) is 0.385. The molecule has 0 unspecified atom stereocenters. The van der Waals surface area contributed by atoms with Crippen molar-refractivity contribution < 1.29 is 18.7 Å². The SMILES string of the molecule is CC(=O)c1cc(F)ccc1OCCC(=O)N(C)C. The molecule has 0 aliphatic heterocycles. The Hall–Kier alpha value is -1.91. The molecule has 0 heterocycles. The molecule has 1 amide bonds. The molecule has 1 aromatic rings. The summed E-state index contributed by atoms with van der Waals surface area (Å²) in [4.78, 5) is 24.1. The van der Waals surface area contributed by atoms with Gasteiger partial charge in [-0.3, -0.25) is 9.59 Å². The van der Waals surface area contributed by atoms with Crippen molar-refractivity contribution in [2.24, 2.45) is 0 Å². The van der Waals surface area contributed by atoms with Crippen LogP contribution in [0.4, 0.5) is 4.39 Å². The van der Waals surface area contributed by atoms with E-state index in [0.29, 0.717) is 5.75 Å². The number of ketones is 1. The number of rotatable bonds is 5.